The van der Waals surface area contributed by atoms with Crippen molar-refractivity contribution in [2.24, 2.45) is 0 Å². The maximum Gasteiger partial charge on any atom is 0.490 e. The minimum atomic E-state index is -5.08. The molecule has 1 saturated heterocycles. The average molecular weight is 455 g/mol. The second-order valence-corrected chi connectivity index (χ2v) is 7.62. The molecular weight excluding hydrogens is 435 g/mol. The number of halogens is 3. The fourth-order valence-corrected chi connectivity index (χ4v) is 3.94. The van der Waals surface area contributed by atoms with Crippen molar-refractivity contribution in [3.05, 3.63) is 41.5 Å². The van der Waals surface area contributed by atoms with Crippen molar-refractivity contribution in [2.45, 2.75) is 25.6 Å². The quantitative estimate of drug-likeness (QED) is 0.630. The number of piperazine rings is 1. The van der Waals surface area contributed by atoms with Crippen LogP contribution in [0.15, 0.2) is 36.0 Å². The van der Waals surface area contributed by atoms with Crippen LogP contribution in [0, 0.1) is 0 Å². The molecule has 2 N–H and O–H groups in total. The average Bonchev–Trinajstić information content (AvgIpc) is 3.43. The van der Waals surface area contributed by atoms with Gasteiger partial charge >= 0.3 is 12.1 Å². The van der Waals surface area contributed by atoms with Gasteiger partial charge in [-0.15, -0.1) is 11.3 Å². The van der Waals surface area contributed by atoms with Crippen molar-refractivity contribution in [1.82, 2.24) is 24.8 Å². The van der Waals surface area contributed by atoms with Crippen LogP contribution in [0.3, 0.4) is 0 Å². The van der Waals surface area contributed by atoms with Gasteiger partial charge in [0.25, 0.3) is 5.91 Å². The van der Waals surface area contributed by atoms with Gasteiger partial charge in [-0.05, 0) is 23.9 Å². The number of hydrogen-bond donors (Lipinski definition) is 2. The summed E-state index contributed by atoms with van der Waals surface area (Å²) in [5, 5.41) is 16.9. The number of nitrogens with zero attached hydrogens (tertiary/aromatic N) is 4. The van der Waals surface area contributed by atoms with Crippen LogP contribution >= 0.6 is 11.3 Å². The van der Waals surface area contributed by atoms with Gasteiger partial charge in [-0.3, -0.25) is 4.79 Å². The van der Waals surface area contributed by atoms with Crippen LogP contribution in [0.25, 0.3) is 16.2 Å². The molecule has 0 radical (unpaired) electrons. The van der Waals surface area contributed by atoms with Gasteiger partial charge < -0.3 is 15.3 Å². The second-order valence-electron chi connectivity index (χ2n) is 6.67. The number of nitrogens with one attached hydrogen (secondary N) is 1. The first-order chi connectivity index (χ1) is 14.7. The molecule has 1 aliphatic rings. The molecule has 0 bridgehead atoms. The molecule has 166 valence electrons. The van der Waals surface area contributed by atoms with E-state index in [0.717, 1.165) is 36.6 Å². The lowest BCUT2D eigenvalue weighted by molar-refractivity contribution is -0.192. The maximum absolute atomic E-state index is 13.0. The summed E-state index contributed by atoms with van der Waals surface area (Å²) in [6.45, 7) is 4.51. The highest BCUT2D eigenvalue weighted by Gasteiger charge is 2.38. The molecule has 8 nitrogen and oxygen atoms in total. The Labute approximate surface area is 179 Å². The Kier molecular flexibility index (Phi) is 6.91. The van der Waals surface area contributed by atoms with E-state index in [1.165, 1.54) is 0 Å². The normalized spacial score (nSPS) is 16.6. The molecule has 1 fully saturated rings. The van der Waals surface area contributed by atoms with Crippen LogP contribution in [0.2, 0.25) is 0 Å². The number of carboxylic acid groups (broad SMARTS) is 1. The number of hydrogen-bond acceptors (Lipinski definition) is 6. The summed E-state index contributed by atoms with van der Waals surface area (Å²) in [6.07, 6.45) is -0.750. The number of amides is 1. The summed E-state index contributed by atoms with van der Waals surface area (Å²) in [4.78, 5) is 29.4. The Morgan fingerprint density at radius 2 is 2.10 bits per heavy atom. The van der Waals surface area contributed by atoms with Gasteiger partial charge in [0, 0.05) is 31.9 Å². The molecule has 1 unspecified atom stereocenters. The summed E-state index contributed by atoms with van der Waals surface area (Å²) in [7, 11) is 0. The number of fused-ring (bicyclic) bond motifs is 1. The highest BCUT2D eigenvalue weighted by atomic mass is 32.1. The van der Waals surface area contributed by atoms with Gasteiger partial charge in [0.2, 0.25) is 0 Å². The van der Waals surface area contributed by atoms with Crippen molar-refractivity contribution in [1.29, 1.82) is 0 Å². The zero-order valence-electron chi connectivity index (χ0n) is 16.5. The van der Waals surface area contributed by atoms with E-state index in [-0.39, 0.29) is 11.9 Å². The number of carbonyl (C=O) groups is 2. The molecule has 12 heteroatoms. The molecule has 0 aliphatic carbocycles. The highest BCUT2D eigenvalue weighted by molar-refractivity contribution is 7.13. The summed E-state index contributed by atoms with van der Waals surface area (Å²) in [5.74, 6) is -2.73. The molecule has 1 atom stereocenters. The Balaban J connectivity index is 0.000000339. The van der Waals surface area contributed by atoms with Crippen molar-refractivity contribution < 1.29 is 27.9 Å². The topological polar surface area (TPSA) is 99.8 Å². The van der Waals surface area contributed by atoms with Crippen LogP contribution < -0.4 is 5.32 Å². The van der Waals surface area contributed by atoms with Crippen LogP contribution in [0.4, 0.5) is 13.2 Å². The highest BCUT2D eigenvalue weighted by Crippen LogP contribution is 2.26. The lowest BCUT2D eigenvalue weighted by atomic mass is 10.1. The number of aromatic nitrogens is 3. The Hall–Kier alpha value is -2.99. The van der Waals surface area contributed by atoms with E-state index in [1.807, 2.05) is 28.5 Å². The molecule has 4 rings (SSSR count). The first kappa shape index (κ1) is 22.7. The van der Waals surface area contributed by atoms with Crippen LogP contribution in [0.1, 0.15) is 23.7 Å². The number of aliphatic carboxylic acids is 1. The smallest absolute Gasteiger partial charge is 0.475 e. The molecular formula is C19H20F3N5O3S. The fourth-order valence-electron chi connectivity index (χ4n) is 3.20. The van der Waals surface area contributed by atoms with Crippen molar-refractivity contribution >= 4 is 28.9 Å². The number of carboxylic acids is 1. The van der Waals surface area contributed by atoms with Crippen LogP contribution in [0.5, 0.6) is 0 Å². The van der Waals surface area contributed by atoms with Crippen molar-refractivity contribution in [3.63, 3.8) is 0 Å². The van der Waals surface area contributed by atoms with E-state index in [2.05, 4.69) is 22.3 Å². The predicted octanol–water partition coefficient (Wildman–Crippen LogP) is 2.92. The minimum Gasteiger partial charge on any atom is -0.475 e. The zero-order chi connectivity index (χ0) is 22.6. The van der Waals surface area contributed by atoms with Crippen LogP contribution in [-0.2, 0) is 4.79 Å². The summed E-state index contributed by atoms with van der Waals surface area (Å²) in [6, 6.07) is 6.21. The molecule has 1 aliphatic heterocycles. The van der Waals surface area contributed by atoms with Gasteiger partial charge in [0.05, 0.1) is 16.8 Å². The van der Waals surface area contributed by atoms with Gasteiger partial charge in [-0.2, -0.15) is 18.3 Å². The predicted molar refractivity (Wildman–Crippen MR) is 108 cm³/mol. The van der Waals surface area contributed by atoms with Gasteiger partial charge in [-0.25, -0.2) is 14.3 Å². The van der Waals surface area contributed by atoms with Crippen molar-refractivity contribution in [3.8, 4) is 10.6 Å². The molecule has 4 heterocycles. The molecule has 3 aromatic heterocycles. The monoisotopic (exact) mass is 455 g/mol. The maximum atomic E-state index is 13.0. The molecule has 0 spiro atoms. The number of carbonyl (C=O) groups excluding carboxylic acids is 1. The lowest BCUT2D eigenvalue weighted by Gasteiger charge is -2.35. The lowest BCUT2D eigenvalue weighted by Crippen LogP contribution is -2.53. The third kappa shape index (κ3) is 5.02. The third-order valence-electron chi connectivity index (χ3n) is 4.73. The molecule has 3 aromatic rings. The van der Waals surface area contributed by atoms with Gasteiger partial charge in [-0.1, -0.05) is 13.0 Å². The summed E-state index contributed by atoms with van der Waals surface area (Å²) >= 11 is 1.65. The SMILES string of the molecule is CCC1CNCCN1C(=O)c1cnn2c(-c3cccs3)ccnc12.O=C(O)C(F)(F)F. The van der Waals surface area contributed by atoms with E-state index in [0.29, 0.717) is 11.2 Å². The first-order valence-corrected chi connectivity index (χ1v) is 10.3. The Bertz CT molecular complexity index is 1050. The fraction of sp³-hybridized carbons (Fsp3) is 0.368. The Morgan fingerprint density at radius 3 is 2.71 bits per heavy atom. The summed E-state index contributed by atoms with van der Waals surface area (Å²) < 4.78 is 33.5. The summed E-state index contributed by atoms with van der Waals surface area (Å²) in [5.41, 5.74) is 2.16. The number of alkyl halides is 3. The van der Waals surface area contributed by atoms with E-state index in [4.69, 9.17) is 9.90 Å². The van der Waals surface area contributed by atoms with E-state index in [9.17, 15) is 18.0 Å². The minimum absolute atomic E-state index is 0.0224. The number of rotatable bonds is 3. The second kappa shape index (κ2) is 9.43. The molecule has 31 heavy (non-hydrogen) atoms. The standard InChI is InChI=1S/C17H19N5OS.C2HF3O2/c1-2-12-10-18-7-8-21(12)17(23)13-11-20-22-14(5-6-19-16(13)22)15-4-3-9-24-15;3-2(4,5)1(6)7/h3-6,9,11-12,18H,2,7-8,10H2,1H3;(H,6,7). The molecule has 0 saturated carbocycles. The number of thiophene rings is 1. The largest absolute Gasteiger partial charge is 0.490 e. The van der Waals surface area contributed by atoms with E-state index in [1.54, 1.807) is 28.2 Å². The van der Waals surface area contributed by atoms with E-state index >= 15 is 0 Å². The molecule has 1 amide bonds. The molecule has 0 aromatic carbocycles. The first-order valence-electron chi connectivity index (χ1n) is 9.42. The van der Waals surface area contributed by atoms with Crippen LogP contribution in [-0.4, -0.2) is 68.3 Å². The Morgan fingerprint density at radius 1 is 1.35 bits per heavy atom. The van der Waals surface area contributed by atoms with Gasteiger partial charge in [0.15, 0.2) is 5.65 Å². The zero-order valence-corrected chi connectivity index (χ0v) is 17.3. The van der Waals surface area contributed by atoms with E-state index < -0.39 is 12.1 Å². The van der Waals surface area contributed by atoms with Gasteiger partial charge in [0.1, 0.15) is 5.56 Å². The van der Waals surface area contributed by atoms with Crippen molar-refractivity contribution in [2.75, 3.05) is 19.6 Å². The third-order valence-corrected chi connectivity index (χ3v) is 5.62.